The number of ether oxygens (including phenoxy) is 1. The van der Waals surface area contributed by atoms with E-state index in [1.165, 1.54) is 193 Å². The average molecular weight is 846 g/mol. The highest BCUT2D eigenvalue weighted by molar-refractivity contribution is 5.76. The molecule has 0 radical (unpaired) electrons. The van der Waals surface area contributed by atoms with Gasteiger partial charge in [-0.05, 0) is 57.8 Å². The van der Waals surface area contributed by atoms with Crippen LogP contribution in [0.3, 0.4) is 0 Å². The molecule has 0 saturated heterocycles. The molecule has 3 N–H and O–H groups in total. The molecule has 0 aliphatic rings. The quantitative estimate of drug-likeness (QED) is 0.0322. The lowest BCUT2D eigenvalue weighted by Gasteiger charge is -2.22. The largest absolute Gasteiger partial charge is 0.466 e. The van der Waals surface area contributed by atoms with Crippen molar-refractivity contribution in [3.05, 3.63) is 24.3 Å². The van der Waals surface area contributed by atoms with Gasteiger partial charge >= 0.3 is 5.97 Å². The van der Waals surface area contributed by atoms with Crippen molar-refractivity contribution in [2.24, 2.45) is 0 Å². The Morgan fingerprint density at radius 3 is 1.28 bits per heavy atom. The summed E-state index contributed by atoms with van der Waals surface area (Å²) in [7, 11) is 0. The van der Waals surface area contributed by atoms with E-state index in [2.05, 4.69) is 43.5 Å². The van der Waals surface area contributed by atoms with E-state index in [0.29, 0.717) is 25.9 Å². The van der Waals surface area contributed by atoms with E-state index in [9.17, 15) is 19.8 Å². The van der Waals surface area contributed by atoms with Crippen LogP contribution in [0.4, 0.5) is 0 Å². The van der Waals surface area contributed by atoms with Crippen LogP contribution >= 0.6 is 0 Å². The zero-order valence-corrected chi connectivity index (χ0v) is 40.2. The van der Waals surface area contributed by atoms with Crippen molar-refractivity contribution in [1.29, 1.82) is 0 Å². The summed E-state index contributed by atoms with van der Waals surface area (Å²) in [6.07, 6.45) is 58.6. The maximum Gasteiger partial charge on any atom is 0.305 e. The third kappa shape index (κ3) is 45.9. The van der Waals surface area contributed by atoms with Crippen molar-refractivity contribution < 1.29 is 24.5 Å². The molecular weight excluding hydrogens is 743 g/mol. The van der Waals surface area contributed by atoms with Gasteiger partial charge in [0.1, 0.15) is 0 Å². The summed E-state index contributed by atoms with van der Waals surface area (Å²) >= 11 is 0. The standard InChI is InChI=1S/C54H103NO5/c1-3-5-7-9-11-13-15-17-19-20-24-28-32-36-40-44-48-54(59)60-49-45-41-37-33-29-25-21-23-27-31-35-39-43-47-53(58)55-51(50-56)52(57)46-42-38-34-30-26-22-18-16-14-12-10-8-6-4-2/h13,15,19-20,51-52,56-57H,3-12,14,16-18,21-50H2,1-2H3,(H,55,58)/b15-13-,20-19-. The van der Waals surface area contributed by atoms with Crippen molar-refractivity contribution in [3.63, 3.8) is 0 Å². The lowest BCUT2D eigenvalue weighted by Crippen LogP contribution is -2.45. The minimum Gasteiger partial charge on any atom is -0.466 e. The van der Waals surface area contributed by atoms with Gasteiger partial charge in [0.2, 0.25) is 5.91 Å². The first-order valence-electron chi connectivity index (χ1n) is 26.6. The minimum atomic E-state index is -0.673. The molecule has 60 heavy (non-hydrogen) atoms. The summed E-state index contributed by atoms with van der Waals surface area (Å²) < 4.78 is 5.46. The van der Waals surface area contributed by atoms with E-state index in [0.717, 1.165) is 57.8 Å². The number of hydrogen-bond donors (Lipinski definition) is 3. The predicted octanol–water partition coefficient (Wildman–Crippen LogP) is 15.9. The minimum absolute atomic E-state index is 0.0188. The second-order valence-electron chi connectivity index (χ2n) is 18.2. The fourth-order valence-corrected chi connectivity index (χ4v) is 8.14. The molecule has 0 aliphatic heterocycles. The van der Waals surface area contributed by atoms with Crippen LogP contribution in [0.1, 0.15) is 284 Å². The van der Waals surface area contributed by atoms with Gasteiger partial charge in [-0.25, -0.2) is 0 Å². The SMILES string of the molecule is CCCCCC/C=C\C/C=C\CCCCCCCC(=O)OCCCCCCCCCCCCCCCC(=O)NC(CO)C(O)CCCCCCCCCCCCCCCC. The number of esters is 1. The van der Waals surface area contributed by atoms with Gasteiger partial charge in [-0.15, -0.1) is 0 Å². The zero-order chi connectivity index (χ0) is 43.7. The second-order valence-corrected chi connectivity index (χ2v) is 18.2. The molecule has 0 rings (SSSR count). The molecule has 6 nitrogen and oxygen atoms in total. The molecule has 2 atom stereocenters. The maximum absolute atomic E-state index is 12.4. The average Bonchev–Trinajstić information content (AvgIpc) is 3.25. The monoisotopic (exact) mass is 846 g/mol. The molecular formula is C54H103NO5. The molecule has 2 unspecified atom stereocenters. The molecule has 0 spiro atoms. The fraction of sp³-hybridized carbons (Fsp3) is 0.889. The molecule has 0 aromatic heterocycles. The first kappa shape index (κ1) is 58.3. The molecule has 0 bridgehead atoms. The lowest BCUT2D eigenvalue weighted by molar-refractivity contribution is -0.143. The van der Waals surface area contributed by atoms with E-state index in [1.807, 2.05) is 0 Å². The van der Waals surface area contributed by atoms with E-state index < -0.39 is 12.1 Å². The van der Waals surface area contributed by atoms with Crippen LogP contribution in [0.25, 0.3) is 0 Å². The number of allylic oxidation sites excluding steroid dienone is 4. The van der Waals surface area contributed by atoms with E-state index in [-0.39, 0.29) is 18.5 Å². The molecule has 0 aromatic carbocycles. The lowest BCUT2D eigenvalue weighted by atomic mass is 10.0. The van der Waals surface area contributed by atoms with Crippen molar-refractivity contribution >= 4 is 11.9 Å². The Morgan fingerprint density at radius 1 is 0.467 bits per heavy atom. The number of unbranched alkanes of at least 4 members (excludes halogenated alkanes) is 34. The Hall–Kier alpha value is -1.66. The van der Waals surface area contributed by atoms with E-state index in [4.69, 9.17) is 4.74 Å². The van der Waals surface area contributed by atoms with Crippen molar-refractivity contribution in [2.75, 3.05) is 13.2 Å². The highest BCUT2D eigenvalue weighted by Crippen LogP contribution is 2.16. The first-order valence-corrected chi connectivity index (χ1v) is 26.6. The molecule has 1 amide bonds. The van der Waals surface area contributed by atoms with Crippen LogP contribution in [-0.2, 0) is 14.3 Å². The van der Waals surface area contributed by atoms with E-state index in [1.54, 1.807) is 0 Å². The van der Waals surface area contributed by atoms with Gasteiger partial charge in [0.25, 0.3) is 0 Å². The first-order chi connectivity index (χ1) is 29.5. The third-order valence-electron chi connectivity index (χ3n) is 12.3. The summed E-state index contributed by atoms with van der Waals surface area (Å²) in [4.78, 5) is 24.5. The highest BCUT2D eigenvalue weighted by Gasteiger charge is 2.20. The van der Waals surface area contributed by atoms with Crippen molar-refractivity contribution in [2.45, 2.75) is 296 Å². The van der Waals surface area contributed by atoms with Gasteiger partial charge < -0.3 is 20.3 Å². The smallest absolute Gasteiger partial charge is 0.305 e. The number of nitrogens with one attached hydrogen (secondary N) is 1. The van der Waals surface area contributed by atoms with E-state index >= 15 is 0 Å². The molecule has 0 heterocycles. The van der Waals surface area contributed by atoms with Gasteiger partial charge in [-0.2, -0.15) is 0 Å². The van der Waals surface area contributed by atoms with Gasteiger partial charge in [-0.1, -0.05) is 237 Å². The third-order valence-corrected chi connectivity index (χ3v) is 12.3. The number of hydrogen-bond acceptors (Lipinski definition) is 5. The normalized spacial score (nSPS) is 12.8. The summed E-state index contributed by atoms with van der Waals surface area (Å²) in [5, 5.41) is 23.2. The van der Waals surface area contributed by atoms with Crippen LogP contribution in [-0.4, -0.2) is 47.4 Å². The van der Waals surface area contributed by atoms with Crippen LogP contribution in [0.15, 0.2) is 24.3 Å². The van der Waals surface area contributed by atoms with Crippen LogP contribution < -0.4 is 5.32 Å². The second kappa shape index (κ2) is 50.0. The van der Waals surface area contributed by atoms with Gasteiger partial charge in [0.05, 0.1) is 25.4 Å². The van der Waals surface area contributed by atoms with Crippen LogP contribution in [0.2, 0.25) is 0 Å². The number of aliphatic hydroxyl groups excluding tert-OH is 2. The summed E-state index contributed by atoms with van der Waals surface area (Å²) in [5.74, 6) is -0.0669. The van der Waals surface area contributed by atoms with Crippen LogP contribution in [0.5, 0.6) is 0 Å². The molecule has 354 valence electrons. The summed E-state index contributed by atoms with van der Waals surface area (Å²) in [6, 6.07) is -0.551. The summed E-state index contributed by atoms with van der Waals surface area (Å²) in [5.41, 5.74) is 0. The van der Waals surface area contributed by atoms with Crippen LogP contribution in [0, 0.1) is 0 Å². The topological polar surface area (TPSA) is 95.9 Å². The molecule has 6 heteroatoms. The number of aliphatic hydroxyl groups is 2. The maximum atomic E-state index is 12.4. The van der Waals surface area contributed by atoms with Crippen molar-refractivity contribution in [1.82, 2.24) is 5.32 Å². The fourth-order valence-electron chi connectivity index (χ4n) is 8.14. The summed E-state index contributed by atoms with van der Waals surface area (Å²) in [6.45, 7) is 4.90. The molecule has 0 saturated carbocycles. The predicted molar refractivity (Wildman–Crippen MR) is 260 cm³/mol. The Kier molecular flexibility index (Phi) is 48.6. The number of amides is 1. The Labute approximate surface area is 373 Å². The highest BCUT2D eigenvalue weighted by atomic mass is 16.5. The van der Waals surface area contributed by atoms with Gasteiger partial charge in [-0.3, -0.25) is 9.59 Å². The Balaban J connectivity index is 3.46. The number of carbonyl (C=O) groups excluding carboxylic acids is 2. The number of carbonyl (C=O) groups is 2. The number of rotatable bonds is 49. The van der Waals surface area contributed by atoms with Crippen molar-refractivity contribution in [3.8, 4) is 0 Å². The molecule has 0 aliphatic carbocycles. The molecule has 0 fully saturated rings. The van der Waals surface area contributed by atoms with Gasteiger partial charge in [0.15, 0.2) is 0 Å². The Bertz CT molecular complexity index is 935. The Morgan fingerprint density at radius 2 is 0.833 bits per heavy atom. The zero-order valence-electron chi connectivity index (χ0n) is 40.2. The molecule has 0 aromatic rings. The van der Waals surface area contributed by atoms with Gasteiger partial charge in [0, 0.05) is 12.8 Å².